The maximum atomic E-state index is 12.1. The Morgan fingerprint density at radius 1 is 1.27 bits per heavy atom. The van der Waals surface area contributed by atoms with Gasteiger partial charge in [0.1, 0.15) is 0 Å². The minimum Gasteiger partial charge on any atom is -0.466 e. The smallest absolute Gasteiger partial charge is 0.305 e. The molecule has 7 nitrogen and oxygen atoms in total. The molecule has 0 spiro atoms. The van der Waals surface area contributed by atoms with E-state index < -0.39 is 0 Å². The van der Waals surface area contributed by atoms with Crippen LogP contribution in [0, 0.1) is 5.92 Å². The first-order chi connectivity index (χ1) is 14.3. The summed E-state index contributed by atoms with van der Waals surface area (Å²) in [4.78, 5) is 23.5. The number of hydrogen-bond donors (Lipinski definition) is 1. The zero-order chi connectivity index (χ0) is 22.1. The Kier molecular flexibility index (Phi) is 9.94. The van der Waals surface area contributed by atoms with Crippen LogP contribution in [0.2, 0.25) is 10.0 Å². The van der Waals surface area contributed by atoms with E-state index in [2.05, 4.69) is 29.4 Å². The molecule has 1 aromatic carbocycles. The highest BCUT2D eigenvalue weighted by Gasteiger charge is 2.18. The van der Waals surface area contributed by atoms with Crippen molar-refractivity contribution in [2.45, 2.75) is 45.3 Å². The zero-order valence-electron chi connectivity index (χ0n) is 17.3. The van der Waals surface area contributed by atoms with Crippen molar-refractivity contribution in [3.63, 3.8) is 0 Å². The third-order valence-corrected chi connectivity index (χ3v) is 5.47. The van der Waals surface area contributed by atoms with Gasteiger partial charge in [-0.3, -0.25) is 9.59 Å². The number of aromatic nitrogens is 3. The Balaban J connectivity index is 1.99. The van der Waals surface area contributed by atoms with E-state index in [0.29, 0.717) is 53.1 Å². The van der Waals surface area contributed by atoms with E-state index in [1.807, 2.05) is 10.6 Å². The molecular formula is C20H26Cl2N4O3S. The maximum absolute atomic E-state index is 12.1. The molecule has 0 saturated carbocycles. The number of ether oxygens (including phenoxy) is 1. The average Bonchev–Trinajstić information content (AvgIpc) is 3.05. The van der Waals surface area contributed by atoms with Crippen LogP contribution in [0.15, 0.2) is 23.4 Å². The summed E-state index contributed by atoms with van der Waals surface area (Å²) < 4.78 is 6.83. The fourth-order valence-corrected chi connectivity index (χ4v) is 3.94. The summed E-state index contributed by atoms with van der Waals surface area (Å²) >= 11 is 13.7. The summed E-state index contributed by atoms with van der Waals surface area (Å²) in [5.41, 5.74) is 0.740. The van der Waals surface area contributed by atoms with Gasteiger partial charge in [0, 0.05) is 30.1 Å². The van der Waals surface area contributed by atoms with Gasteiger partial charge in [0.05, 0.1) is 17.4 Å². The SMILES string of the molecule is CCOC(=O)CCCNC(=O)CSc1nnc(-c2ccc(Cl)cc2Cl)n1CC(C)C. The van der Waals surface area contributed by atoms with Gasteiger partial charge in [-0.2, -0.15) is 0 Å². The maximum Gasteiger partial charge on any atom is 0.305 e. The summed E-state index contributed by atoms with van der Waals surface area (Å²) in [5.74, 6) is 0.805. The van der Waals surface area contributed by atoms with Crippen molar-refractivity contribution in [1.82, 2.24) is 20.1 Å². The molecule has 2 aromatic rings. The number of carbonyl (C=O) groups is 2. The first kappa shape index (κ1) is 24.5. The zero-order valence-corrected chi connectivity index (χ0v) is 19.6. The molecule has 1 aromatic heterocycles. The lowest BCUT2D eigenvalue weighted by atomic mass is 10.2. The molecule has 0 unspecified atom stereocenters. The van der Waals surface area contributed by atoms with Crippen molar-refractivity contribution in [3.05, 3.63) is 28.2 Å². The number of nitrogens with zero attached hydrogens (tertiary/aromatic N) is 3. The molecular weight excluding hydrogens is 447 g/mol. The van der Waals surface area contributed by atoms with Crippen LogP contribution in [-0.4, -0.2) is 45.5 Å². The normalized spacial score (nSPS) is 11.0. The van der Waals surface area contributed by atoms with E-state index in [4.69, 9.17) is 27.9 Å². The lowest BCUT2D eigenvalue weighted by Gasteiger charge is -2.13. The molecule has 0 fully saturated rings. The first-order valence-corrected chi connectivity index (χ1v) is 11.5. The number of halogens is 2. The van der Waals surface area contributed by atoms with Gasteiger partial charge >= 0.3 is 5.97 Å². The number of esters is 1. The van der Waals surface area contributed by atoms with Crippen LogP contribution in [0.1, 0.15) is 33.6 Å². The van der Waals surface area contributed by atoms with Gasteiger partial charge < -0.3 is 14.6 Å². The minimum atomic E-state index is -0.253. The van der Waals surface area contributed by atoms with Gasteiger partial charge in [-0.1, -0.05) is 48.8 Å². The topological polar surface area (TPSA) is 86.1 Å². The molecule has 1 heterocycles. The molecule has 10 heteroatoms. The van der Waals surface area contributed by atoms with E-state index >= 15 is 0 Å². The average molecular weight is 473 g/mol. The third kappa shape index (κ3) is 7.49. The Hall–Kier alpha value is -1.77. The highest BCUT2D eigenvalue weighted by Crippen LogP contribution is 2.31. The number of amides is 1. The van der Waals surface area contributed by atoms with E-state index in [-0.39, 0.29) is 24.1 Å². The molecule has 0 aliphatic carbocycles. The predicted octanol–water partition coefficient (Wildman–Crippen LogP) is 4.46. The van der Waals surface area contributed by atoms with Crippen molar-refractivity contribution in [2.75, 3.05) is 18.9 Å². The van der Waals surface area contributed by atoms with Crippen LogP contribution in [0.3, 0.4) is 0 Å². The number of rotatable bonds is 11. The van der Waals surface area contributed by atoms with Crippen LogP contribution in [0.25, 0.3) is 11.4 Å². The molecule has 0 aliphatic heterocycles. The van der Waals surface area contributed by atoms with Gasteiger partial charge in [0.2, 0.25) is 5.91 Å². The molecule has 0 bridgehead atoms. The van der Waals surface area contributed by atoms with E-state index in [1.54, 1.807) is 19.1 Å². The fourth-order valence-electron chi connectivity index (χ4n) is 2.67. The number of benzene rings is 1. The molecule has 2 rings (SSSR count). The van der Waals surface area contributed by atoms with Crippen molar-refractivity contribution >= 4 is 46.8 Å². The van der Waals surface area contributed by atoms with Crippen molar-refractivity contribution in [1.29, 1.82) is 0 Å². The molecule has 1 N–H and O–H groups in total. The number of nitrogens with one attached hydrogen (secondary N) is 1. The molecule has 0 saturated heterocycles. The van der Waals surface area contributed by atoms with Crippen molar-refractivity contribution in [2.24, 2.45) is 5.92 Å². The van der Waals surface area contributed by atoms with Crippen LogP contribution >= 0.6 is 35.0 Å². The summed E-state index contributed by atoms with van der Waals surface area (Å²) in [6, 6.07) is 5.24. The summed E-state index contributed by atoms with van der Waals surface area (Å²) in [7, 11) is 0. The molecule has 0 radical (unpaired) electrons. The lowest BCUT2D eigenvalue weighted by Crippen LogP contribution is -2.26. The molecule has 0 atom stereocenters. The van der Waals surface area contributed by atoms with Crippen LogP contribution < -0.4 is 5.32 Å². The first-order valence-electron chi connectivity index (χ1n) is 9.75. The largest absolute Gasteiger partial charge is 0.466 e. The number of hydrogen-bond acceptors (Lipinski definition) is 6. The molecule has 0 aliphatic rings. The van der Waals surface area contributed by atoms with Crippen LogP contribution in [-0.2, 0) is 20.9 Å². The monoisotopic (exact) mass is 472 g/mol. The van der Waals surface area contributed by atoms with Crippen molar-refractivity contribution in [3.8, 4) is 11.4 Å². The van der Waals surface area contributed by atoms with Gasteiger partial charge in [-0.15, -0.1) is 10.2 Å². The predicted molar refractivity (Wildman–Crippen MR) is 120 cm³/mol. The van der Waals surface area contributed by atoms with Gasteiger partial charge in [0.15, 0.2) is 11.0 Å². The quantitative estimate of drug-likeness (QED) is 0.295. The standard InChI is InChI=1S/C20H26Cl2N4O3S/c1-4-29-18(28)6-5-9-23-17(27)12-30-20-25-24-19(26(20)11-13(2)3)15-8-7-14(21)10-16(15)22/h7-8,10,13H,4-6,9,11-12H2,1-3H3,(H,23,27). The number of carbonyl (C=O) groups excluding carboxylic acids is 2. The molecule has 164 valence electrons. The van der Waals surface area contributed by atoms with E-state index in [0.717, 1.165) is 5.56 Å². The minimum absolute atomic E-state index is 0.131. The Labute approximate surface area is 190 Å². The lowest BCUT2D eigenvalue weighted by molar-refractivity contribution is -0.143. The summed E-state index contributed by atoms with van der Waals surface area (Å²) in [6.07, 6.45) is 0.827. The van der Waals surface area contributed by atoms with E-state index in [1.165, 1.54) is 11.8 Å². The molecule has 30 heavy (non-hydrogen) atoms. The van der Waals surface area contributed by atoms with Crippen LogP contribution in [0.4, 0.5) is 0 Å². The van der Waals surface area contributed by atoms with Gasteiger partial charge in [0.25, 0.3) is 0 Å². The molecule has 1 amide bonds. The Morgan fingerprint density at radius 2 is 2.03 bits per heavy atom. The van der Waals surface area contributed by atoms with E-state index in [9.17, 15) is 9.59 Å². The third-order valence-electron chi connectivity index (χ3n) is 3.95. The van der Waals surface area contributed by atoms with Crippen LogP contribution in [0.5, 0.6) is 0 Å². The second kappa shape index (κ2) is 12.2. The summed E-state index contributed by atoms with van der Waals surface area (Å²) in [6.45, 7) is 7.42. The Morgan fingerprint density at radius 3 is 2.70 bits per heavy atom. The summed E-state index contributed by atoms with van der Waals surface area (Å²) in [5, 5.41) is 13.1. The van der Waals surface area contributed by atoms with Gasteiger partial charge in [-0.05, 0) is 37.5 Å². The second-order valence-electron chi connectivity index (χ2n) is 6.98. The van der Waals surface area contributed by atoms with Gasteiger partial charge in [-0.25, -0.2) is 0 Å². The highest BCUT2D eigenvalue weighted by molar-refractivity contribution is 7.99. The van der Waals surface area contributed by atoms with Crippen molar-refractivity contribution < 1.29 is 14.3 Å². The Bertz CT molecular complexity index is 874. The second-order valence-corrected chi connectivity index (χ2v) is 8.77. The highest BCUT2D eigenvalue weighted by atomic mass is 35.5. The fraction of sp³-hybridized carbons (Fsp3) is 0.500. The number of thioether (sulfide) groups is 1.